The molecule has 0 aromatic carbocycles. The molecule has 0 aliphatic carbocycles. The summed E-state index contributed by atoms with van der Waals surface area (Å²) in [6.45, 7) is 7.18. The highest BCUT2D eigenvalue weighted by Crippen LogP contribution is 2.42. The normalized spacial score (nSPS) is 14.1. The van der Waals surface area contributed by atoms with Gasteiger partial charge in [-0.05, 0) is 39.3 Å². The average molecular weight is 483 g/mol. The second-order valence-corrected chi connectivity index (χ2v) is 8.39. The summed E-state index contributed by atoms with van der Waals surface area (Å²) in [5.41, 5.74) is 10.3. The molecule has 11 heteroatoms. The van der Waals surface area contributed by atoms with Crippen LogP contribution < -0.4 is 15.4 Å². The second kappa shape index (κ2) is 8.45. The van der Waals surface area contributed by atoms with Crippen molar-refractivity contribution in [3.8, 4) is 5.75 Å². The van der Waals surface area contributed by atoms with Gasteiger partial charge in [0.05, 0.1) is 36.0 Å². The van der Waals surface area contributed by atoms with Crippen LogP contribution in [0, 0.1) is 27.7 Å². The van der Waals surface area contributed by atoms with Crippen molar-refractivity contribution in [1.82, 2.24) is 19.9 Å². The van der Waals surface area contributed by atoms with Crippen LogP contribution in [0.25, 0.3) is 11.6 Å². The molecule has 4 rings (SSSR count). The monoisotopic (exact) mass is 482 g/mol. The lowest BCUT2D eigenvalue weighted by atomic mass is 10.1. The fourth-order valence-electron chi connectivity index (χ4n) is 4.26. The zero-order chi connectivity index (χ0) is 24.9. The van der Waals surface area contributed by atoms with Crippen LogP contribution in [0.2, 0.25) is 5.15 Å². The van der Waals surface area contributed by atoms with E-state index in [-0.39, 0.29) is 40.5 Å². The summed E-state index contributed by atoms with van der Waals surface area (Å²) in [6, 6.07) is 0. The van der Waals surface area contributed by atoms with Gasteiger partial charge in [0.25, 0.3) is 5.91 Å². The zero-order valence-electron chi connectivity index (χ0n) is 19.3. The number of halogens is 1. The summed E-state index contributed by atoms with van der Waals surface area (Å²) in [6.07, 6.45) is 3.25. The molecule has 0 atom stereocenters. The SMILES string of the molecule is COc1c(C)cnc(CN2C(=O)/C(=C\c3[nH]c(C)c(C(=O)O)c3C)c3c(Cl)nc(N)nc32)c1C. The lowest BCUT2D eigenvalue weighted by Crippen LogP contribution is -2.27. The number of ether oxygens (including phenoxy) is 1. The standard InChI is InChI=1S/C23H23ClN6O4/c1-9-7-26-15(11(3)18(9)34-5)8-30-20-17(19(24)28-23(25)29-20)13(21(30)31)6-14-10(2)16(22(32)33)12(4)27-14/h6-7,27H,8H2,1-5H3,(H,32,33)(H2,25,28,29)/b13-6-. The van der Waals surface area contributed by atoms with Gasteiger partial charge in [0.1, 0.15) is 10.9 Å². The number of aryl methyl sites for hydroxylation is 2. The number of anilines is 2. The molecule has 0 saturated carbocycles. The predicted molar refractivity (Wildman–Crippen MR) is 128 cm³/mol. The number of rotatable bonds is 5. The maximum atomic E-state index is 13.6. The number of aromatic nitrogens is 4. The molecule has 0 saturated heterocycles. The summed E-state index contributed by atoms with van der Waals surface area (Å²) in [4.78, 5) is 42.5. The Morgan fingerprint density at radius 3 is 2.59 bits per heavy atom. The lowest BCUT2D eigenvalue weighted by molar-refractivity contribution is -0.113. The number of carbonyl (C=O) groups is 2. The van der Waals surface area contributed by atoms with Crippen LogP contribution in [-0.4, -0.2) is 44.0 Å². The van der Waals surface area contributed by atoms with Crippen LogP contribution in [-0.2, 0) is 11.3 Å². The molecule has 1 amide bonds. The number of carboxylic acids is 1. The quantitative estimate of drug-likeness (QED) is 0.370. The van der Waals surface area contributed by atoms with Gasteiger partial charge in [-0.2, -0.15) is 4.98 Å². The van der Waals surface area contributed by atoms with Crippen LogP contribution >= 0.6 is 11.6 Å². The van der Waals surface area contributed by atoms with E-state index in [1.807, 2.05) is 13.8 Å². The van der Waals surface area contributed by atoms with Crippen LogP contribution in [0.1, 0.15) is 49.7 Å². The number of aromatic amines is 1. The number of nitrogens with two attached hydrogens (primary N) is 1. The van der Waals surface area contributed by atoms with E-state index < -0.39 is 5.97 Å². The molecule has 0 spiro atoms. The predicted octanol–water partition coefficient (Wildman–Crippen LogP) is 3.46. The van der Waals surface area contributed by atoms with Crippen molar-refractivity contribution in [2.45, 2.75) is 34.2 Å². The maximum absolute atomic E-state index is 13.6. The molecule has 3 aromatic heterocycles. The first-order valence-corrected chi connectivity index (χ1v) is 10.7. The van der Waals surface area contributed by atoms with Crippen molar-refractivity contribution < 1.29 is 19.4 Å². The lowest BCUT2D eigenvalue weighted by Gasteiger charge is -2.19. The van der Waals surface area contributed by atoms with E-state index in [2.05, 4.69) is 19.9 Å². The third kappa shape index (κ3) is 3.65. The number of fused-ring (bicyclic) bond motifs is 1. The van der Waals surface area contributed by atoms with Crippen LogP contribution in [0.4, 0.5) is 11.8 Å². The minimum absolute atomic E-state index is 0.0233. The first-order chi connectivity index (χ1) is 16.0. The molecule has 0 unspecified atom stereocenters. The molecule has 34 heavy (non-hydrogen) atoms. The van der Waals surface area contributed by atoms with Crippen LogP contribution in [0.15, 0.2) is 6.20 Å². The van der Waals surface area contributed by atoms with E-state index in [1.165, 1.54) is 4.90 Å². The Morgan fingerprint density at radius 1 is 1.26 bits per heavy atom. The second-order valence-electron chi connectivity index (χ2n) is 8.04. The van der Waals surface area contributed by atoms with Gasteiger partial charge in [-0.15, -0.1) is 0 Å². The Balaban J connectivity index is 1.86. The number of methoxy groups -OCH3 is 1. The highest BCUT2D eigenvalue weighted by atomic mass is 35.5. The third-order valence-corrected chi connectivity index (χ3v) is 6.17. The summed E-state index contributed by atoms with van der Waals surface area (Å²) in [5.74, 6) is -0.574. The number of amides is 1. The summed E-state index contributed by atoms with van der Waals surface area (Å²) in [7, 11) is 1.58. The van der Waals surface area contributed by atoms with Gasteiger partial charge >= 0.3 is 5.97 Å². The van der Waals surface area contributed by atoms with Crippen molar-refractivity contribution in [1.29, 1.82) is 0 Å². The Labute approximate surface area is 200 Å². The molecular formula is C23H23ClN6O4. The number of nitrogens with one attached hydrogen (secondary N) is 1. The number of carboxylic acid groups (broad SMARTS) is 1. The molecule has 1 aliphatic rings. The minimum atomic E-state index is -1.06. The number of hydrogen-bond acceptors (Lipinski definition) is 7. The van der Waals surface area contributed by atoms with Crippen molar-refractivity contribution >= 4 is 46.9 Å². The third-order valence-electron chi connectivity index (χ3n) is 5.90. The summed E-state index contributed by atoms with van der Waals surface area (Å²) in [5, 5.41) is 9.53. The maximum Gasteiger partial charge on any atom is 0.337 e. The molecule has 0 radical (unpaired) electrons. The van der Waals surface area contributed by atoms with Gasteiger partial charge in [0, 0.05) is 28.7 Å². The number of hydrogen-bond donors (Lipinski definition) is 3. The Morgan fingerprint density at radius 2 is 1.97 bits per heavy atom. The fraction of sp³-hybridized carbons (Fsp3) is 0.261. The van der Waals surface area contributed by atoms with Gasteiger partial charge in [-0.1, -0.05) is 11.6 Å². The van der Waals surface area contributed by atoms with E-state index in [9.17, 15) is 14.7 Å². The van der Waals surface area contributed by atoms with Crippen molar-refractivity contribution in [2.75, 3.05) is 17.7 Å². The first-order valence-electron chi connectivity index (χ1n) is 10.3. The van der Waals surface area contributed by atoms with Crippen LogP contribution in [0.3, 0.4) is 0 Å². The molecular weight excluding hydrogens is 460 g/mol. The molecule has 0 bridgehead atoms. The summed E-state index contributed by atoms with van der Waals surface area (Å²) >= 11 is 6.41. The topological polar surface area (TPSA) is 147 Å². The van der Waals surface area contributed by atoms with Crippen molar-refractivity contribution in [3.05, 3.63) is 56.2 Å². The Kier molecular flexibility index (Phi) is 5.78. The molecule has 176 valence electrons. The Bertz CT molecular complexity index is 1390. The number of carbonyl (C=O) groups excluding carboxylic acids is 1. The number of nitrogens with zero attached hydrogens (tertiary/aromatic N) is 4. The van der Waals surface area contributed by atoms with E-state index in [1.54, 1.807) is 33.2 Å². The minimum Gasteiger partial charge on any atom is -0.496 e. The fourth-order valence-corrected chi connectivity index (χ4v) is 4.53. The first kappa shape index (κ1) is 23.2. The number of aromatic carboxylic acids is 1. The average Bonchev–Trinajstić information content (AvgIpc) is 3.18. The number of H-pyrrole nitrogens is 1. The van der Waals surface area contributed by atoms with E-state index >= 15 is 0 Å². The molecule has 3 aromatic rings. The highest BCUT2D eigenvalue weighted by Gasteiger charge is 2.38. The smallest absolute Gasteiger partial charge is 0.337 e. The molecule has 1 aliphatic heterocycles. The van der Waals surface area contributed by atoms with E-state index in [0.29, 0.717) is 34.0 Å². The van der Waals surface area contributed by atoms with Gasteiger partial charge in [0.15, 0.2) is 5.82 Å². The van der Waals surface area contributed by atoms with Crippen molar-refractivity contribution in [2.24, 2.45) is 0 Å². The molecule has 0 fully saturated rings. The molecule has 4 heterocycles. The molecule has 4 N–H and O–H groups in total. The number of nitrogen functional groups attached to an aromatic ring is 1. The van der Waals surface area contributed by atoms with Gasteiger partial charge in [0.2, 0.25) is 5.95 Å². The van der Waals surface area contributed by atoms with Crippen molar-refractivity contribution in [3.63, 3.8) is 0 Å². The molecule has 10 nitrogen and oxygen atoms in total. The number of pyridine rings is 1. The zero-order valence-corrected chi connectivity index (χ0v) is 20.0. The van der Waals surface area contributed by atoms with Gasteiger partial charge < -0.3 is 20.6 Å². The summed E-state index contributed by atoms with van der Waals surface area (Å²) < 4.78 is 5.49. The largest absolute Gasteiger partial charge is 0.496 e. The highest BCUT2D eigenvalue weighted by molar-refractivity contribution is 6.41. The Hall–Kier alpha value is -3.92. The van der Waals surface area contributed by atoms with Gasteiger partial charge in [-0.25, -0.2) is 9.78 Å². The van der Waals surface area contributed by atoms with E-state index in [4.69, 9.17) is 22.1 Å². The van der Waals surface area contributed by atoms with Crippen LogP contribution in [0.5, 0.6) is 5.75 Å². The van der Waals surface area contributed by atoms with Gasteiger partial charge in [-0.3, -0.25) is 14.7 Å². The van der Waals surface area contributed by atoms with E-state index in [0.717, 1.165) is 11.1 Å².